The summed E-state index contributed by atoms with van der Waals surface area (Å²) >= 11 is 0. The number of alkyl carbamates (subject to hydrolysis) is 1. The molecule has 0 spiro atoms. The first-order chi connectivity index (χ1) is 43.7. The molecule has 93 heavy (non-hydrogen) atoms. The summed E-state index contributed by atoms with van der Waals surface area (Å²) in [5, 5.41) is 33.2. The van der Waals surface area contributed by atoms with Crippen LogP contribution in [0.3, 0.4) is 0 Å². The van der Waals surface area contributed by atoms with E-state index in [0.29, 0.717) is 41.9 Å². The van der Waals surface area contributed by atoms with E-state index in [0.717, 1.165) is 163 Å². The molecule has 0 bridgehead atoms. The van der Waals surface area contributed by atoms with E-state index < -0.39 is 22.9 Å². The van der Waals surface area contributed by atoms with Crippen molar-refractivity contribution >= 4 is 68.9 Å². The molecule has 10 rings (SSSR count). The number of piperidine rings is 5. The molecule has 24 heteroatoms. The van der Waals surface area contributed by atoms with Crippen LogP contribution in [0.2, 0.25) is 0 Å². The quantitative estimate of drug-likeness (QED) is 0.0560. The van der Waals surface area contributed by atoms with E-state index in [9.17, 15) is 24.9 Å². The van der Waals surface area contributed by atoms with Crippen LogP contribution >= 0.6 is 0 Å². The summed E-state index contributed by atoms with van der Waals surface area (Å²) in [6.07, 6.45) is 26.3. The molecule has 5 aromatic rings. The number of nitrogens with two attached hydrogens (primary N) is 5. The van der Waals surface area contributed by atoms with Gasteiger partial charge < -0.3 is 88.2 Å². The van der Waals surface area contributed by atoms with E-state index in [-0.39, 0.29) is 29.2 Å². The van der Waals surface area contributed by atoms with Crippen molar-refractivity contribution in [1.82, 2.24) is 35.1 Å². The molecule has 0 aromatic carbocycles. The Morgan fingerprint density at radius 2 is 0.892 bits per heavy atom. The summed E-state index contributed by atoms with van der Waals surface area (Å²) in [6, 6.07) is 9.84. The van der Waals surface area contributed by atoms with Gasteiger partial charge >= 0.3 is 12.1 Å². The number of nitrogens with one attached hydrogen (secondary N) is 1. The number of esters is 1. The third-order valence-corrected chi connectivity index (χ3v) is 18.2. The lowest BCUT2D eigenvalue weighted by Gasteiger charge is -2.48. The van der Waals surface area contributed by atoms with Crippen LogP contribution in [0, 0.1) is 11.8 Å². The average molecular weight is 1290 g/mol. The van der Waals surface area contributed by atoms with E-state index in [1.165, 1.54) is 0 Å². The van der Waals surface area contributed by atoms with Crippen molar-refractivity contribution in [2.75, 3.05) is 133 Å². The first-order valence-corrected chi connectivity index (χ1v) is 33.0. The average Bonchev–Trinajstić information content (AvgIpc) is 0.824. The maximum absolute atomic E-state index is 11.8. The Kier molecular flexibility index (Phi) is 26.7. The van der Waals surface area contributed by atoms with Gasteiger partial charge in [0, 0.05) is 114 Å². The van der Waals surface area contributed by atoms with E-state index in [1.54, 1.807) is 62.0 Å². The molecule has 5 aliphatic heterocycles. The summed E-state index contributed by atoms with van der Waals surface area (Å²) in [4.78, 5) is 56.8. The minimum atomic E-state index is -0.574. The number of hydrogen-bond donors (Lipinski definition) is 9. The minimum absolute atomic E-state index is 0.0895. The van der Waals surface area contributed by atoms with Crippen molar-refractivity contribution in [1.29, 1.82) is 0 Å². The van der Waals surface area contributed by atoms with Gasteiger partial charge in [0.05, 0.1) is 105 Å². The van der Waals surface area contributed by atoms with Crippen LogP contribution < -0.4 is 58.5 Å². The van der Waals surface area contributed by atoms with Gasteiger partial charge in [0.25, 0.3) is 0 Å². The first kappa shape index (κ1) is 74.4. The van der Waals surface area contributed by atoms with Crippen molar-refractivity contribution in [2.45, 2.75) is 180 Å². The van der Waals surface area contributed by atoms with Gasteiger partial charge in [-0.2, -0.15) is 0 Å². The van der Waals surface area contributed by atoms with Crippen LogP contribution in [0.15, 0.2) is 92.3 Å². The predicted octanol–water partition coefficient (Wildman–Crippen LogP) is 8.38. The van der Waals surface area contributed by atoms with E-state index in [2.05, 4.69) is 66.6 Å². The molecule has 14 N–H and O–H groups in total. The molecule has 514 valence electrons. The fourth-order valence-electron chi connectivity index (χ4n) is 12.2. The molecule has 24 nitrogen and oxygen atoms in total. The van der Waals surface area contributed by atoms with E-state index in [1.807, 2.05) is 107 Å². The number of anilines is 10. The number of β-amino-alcohol motifs (C(OH)–C–C–N with tert-alkyl or cyclic N) is 1. The first-order valence-electron chi connectivity index (χ1n) is 33.0. The highest BCUT2D eigenvalue weighted by Crippen LogP contribution is 2.35. The third kappa shape index (κ3) is 23.4. The molecular formula is C69H111N17O7. The maximum Gasteiger partial charge on any atom is 0.407 e. The lowest BCUT2D eigenvalue weighted by Crippen LogP contribution is -2.60. The summed E-state index contributed by atoms with van der Waals surface area (Å²) in [6.45, 7) is 27.8. The number of hydrogen-bond acceptors (Lipinski definition) is 23. The summed E-state index contributed by atoms with van der Waals surface area (Å²) < 4.78 is 10.6. The molecule has 1 amide bonds. The highest BCUT2D eigenvalue weighted by Gasteiger charge is 2.40. The van der Waals surface area contributed by atoms with E-state index >= 15 is 0 Å². The molecule has 0 saturated carbocycles. The van der Waals surface area contributed by atoms with Crippen molar-refractivity contribution in [3.8, 4) is 0 Å². The second kappa shape index (κ2) is 33.4. The molecule has 0 unspecified atom stereocenters. The van der Waals surface area contributed by atoms with Crippen LogP contribution in [0.4, 0.5) is 61.7 Å². The van der Waals surface area contributed by atoms with Crippen molar-refractivity contribution < 1.29 is 34.4 Å². The zero-order chi connectivity index (χ0) is 68.3. The van der Waals surface area contributed by atoms with Gasteiger partial charge in [0.1, 0.15) is 11.2 Å². The lowest BCUT2D eigenvalue weighted by atomic mass is 9.83. The van der Waals surface area contributed by atoms with Crippen LogP contribution in [-0.4, -0.2) is 177 Å². The standard InChI is InChI=1S/C17H27N3O2.C15H24N4O2.C13H22N4O.C13H21N3O.C11H17N3O/c1-17(2,3)22-16(21)5-4-13-7-10-20(11-8-13)15-6-9-19-12-14(15)18;1-15(2,3)21-14(20)18-11-5-8-19(9-6-11)13-4-7-17-10-12(13)16;1-13(16(2)3)5-7-17(9-12(13)18)11-4-6-15-8-10(11)14;1-13(2,17)10-4-7-16(8-5-10)12-3-6-15-9-11(12)14;1-11(15)3-6-14(7-4-11)10-2-5-13-8-9(10)12/h6,9,12-13H,4-5,7-8,10-11,18H2,1-3H3;4,7,10-11H,5-6,8-9,16H2,1-3H3,(H,18,20);4,6,8,12,18H,5,7,9,14H2,1-3H3;3,6,9-10,17H,4-5,7-8,14H2,1-2H3;2,5,8,15H,3-4,6-7,12H2,1H3/t;;12-,13-;;/m..1../s1. The Morgan fingerprint density at radius 3 is 1.24 bits per heavy atom. The van der Waals surface area contributed by atoms with Gasteiger partial charge in [-0.05, 0) is 190 Å². The number of nitrogen functional groups attached to an aromatic ring is 5. The number of aliphatic hydroxyl groups is 3. The van der Waals surface area contributed by atoms with Crippen molar-refractivity contribution in [3.63, 3.8) is 0 Å². The third-order valence-electron chi connectivity index (χ3n) is 18.2. The predicted molar refractivity (Wildman–Crippen MR) is 376 cm³/mol. The van der Waals surface area contributed by atoms with Gasteiger partial charge in [-0.3, -0.25) is 29.7 Å². The topological polar surface area (TPSA) is 339 Å². The summed E-state index contributed by atoms with van der Waals surface area (Å²) in [5.74, 6) is 0.877. The summed E-state index contributed by atoms with van der Waals surface area (Å²) in [5.41, 5.74) is 36.2. The molecule has 10 heterocycles. The number of carbonyl (C=O) groups is 2. The fraction of sp³-hybridized carbons (Fsp3) is 0.609. The zero-order valence-corrected chi connectivity index (χ0v) is 57.6. The number of nitrogens with zero attached hydrogens (tertiary/aromatic N) is 11. The second-order valence-corrected chi connectivity index (χ2v) is 28.5. The maximum atomic E-state index is 11.8. The Balaban J connectivity index is 0.000000185. The SMILES string of the molecule is CC(C)(C)OC(=O)CCC1CCN(c2ccncc2N)CC1.CC(C)(C)OC(=O)NC1CCN(c2ccncc2N)CC1.CC(C)(O)C1CCN(c2ccncc2N)CC1.CC1(O)CCN(c2ccncc2N)CC1.CN(C)[C@]1(C)CCN(c2ccncc2N)C[C@H]1O. The number of amides is 1. The molecule has 0 radical (unpaired) electrons. The zero-order valence-electron chi connectivity index (χ0n) is 57.6. The van der Waals surface area contributed by atoms with Crippen LogP contribution in [0.5, 0.6) is 0 Å². The number of likely N-dealkylation sites (N-methyl/N-ethyl adjacent to an activating group) is 1. The molecule has 5 aromatic heterocycles. The van der Waals surface area contributed by atoms with Gasteiger partial charge in [-0.15, -0.1) is 0 Å². The monoisotopic (exact) mass is 1290 g/mol. The smallest absolute Gasteiger partial charge is 0.407 e. The molecule has 2 atom stereocenters. The summed E-state index contributed by atoms with van der Waals surface area (Å²) in [7, 11) is 4.03. The van der Waals surface area contributed by atoms with Gasteiger partial charge in [0.15, 0.2) is 0 Å². The second-order valence-electron chi connectivity index (χ2n) is 28.5. The number of aliphatic hydroxyl groups excluding tert-OH is 1. The number of carbonyl (C=O) groups excluding carboxylic acids is 2. The number of ether oxygens (including phenoxy) is 2. The van der Waals surface area contributed by atoms with Crippen molar-refractivity contribution in [3.05, 3.63) is 92.3 Å². The molecule has 0 aliphatic carbocycles. The Bertz CT molecular complexity index is 3080. The molecule has 5 saturated heterocycles. The van der Waals surface area contributed by atoms with E-state index in [4.69, 9.17) is 38.1 Å². The Labute approximate surface area is 553 Å². The van der Waals surface area contributed by atoms with Crippen molar-refractivity contribution in [2.24, 2.45) is 11.8 Å². The number of pyridine rings is 5. The highest BCUT2D eigenvalue weighted by molar-refractivity contribution is 5.71. The Hall–Kier alpha value is -7.67. The van der Waals surface area contributed by atoms with Gasteiger partial charge in [-0.25, -0.2) is 4.79 Å². The van der Waals surface area contributed by atoms with Crippen LogP contribution in [0.1, 0.15) is 140 Å². The number of rotatable bonds is 11. The lowest BCUT2D eigenvalue weighted by molar-refractivity contribution is -0.155. The molecule has 5 aliphatic rings. The van der Waals surface area contributed by atoms with Gasteiger partial charge in [-0.1, -0.05) is 0 Å². The normalized spacial score (nSPS) is 19.9. The largest absolute Gasteiger partial charge is 0.460 e. The number of aromatic nitrogens is 5. The van der Waals surface area contributed by atoms with Crippen LogP contribution in [-0.2, 0) is 14.3 Å². The highest BCUT2D eigenvalue weighted by atomic mass is 16.6. The fourth-order valence-corrected chi connectivity index (χ4v) is 12.2. The molecular weight excluding hydrogens is 1180 g/mol. The Morgan fingerprint density at radius 1 is 0.548 bits per heavy atom. The molecule has 5 fully saturated rings. The van der Waals surface area contributed by atoms with Gasteiger partial charge in [0.2, 0.25) is 0 Å². The van der Waals surface area contributed by atoms with Crippen LogP contribution in [0.25, 0.3) is 0 Å². The minimum Gasteiger partial charge on any atom is -0.460 e.